The summed E-state index contributed by atoms with van der Waals surface area (Å²) in [4.78, 5) is 10.1. The molecular weight excluding hydrogens is 434 g/mol. The van der Waals surface area contributed by atoms with Crippen molar-refractivity contribution in [2.45, 2.75) is 32.3 Å². The number of nitrogens with zero attached hydrogens (tertiary/aromatic N) is 2. The lowest BCUT2D eigenvalue weighted by atomic mass is 10.1. The van der Waals surface area contributed by atoms with E-state index in [1.54, 1.807) is 12.1 Å². The first-order valence-electron chi connectivity index (χ1n) is 8.64. The van der Waals surface area contributed by atoms with Crippen molar-refractivity contribution in [3.8, 4) is 0 Å². The van der Waals surface area contributed by atoms with Gasteiger partial charge in [-0.15, -0.1) is 24.0 Å². The predicted molar refractivity (Wildman–Crippen MR) is 110 cm³/mol. The SMILES string of the molecule is CCNC(=NCCc1c[nH]c2ccc(F)cc12)N1CCC(O)CC1.I. The van der Waals surface area contributed by atoms with Gasteiger partial charge in [0.1, 0.15) is 5.82 Å². The van der Waals surface area contributed by atoms with Gasteiger partial charge >= 0.3 is 0 Å². The second-order valence-electron chi connectivity index (χ2n) is 6.21. The molecule has 25 heavy (non-hydrogen) atoms. The lowest BCUT2D eigenvalue weighted by Gasteiger charge is -2.32. The summed E-state index contributed by atoms with van der Waals surface area (Å²) in [7, 11) is 0. The van der Waals surface area contributed by atoms with Crippen molar-refractivity contribution in [1.82, 2.24) is 15.2 Å². The largest absolute Gasteiger partial charge is 0.393 e. The van der Waals surface area contributed by atoms with Crippen LogP contribution in [0.3, 0.4) is 0 Å². The van der Waals surface area contributed by atoms with E-state index < -0.39 is 0 Å². The number of hydrogen-bond acceptors (Lipinski definition) is 2. The molecule has 1 aromatic carbocycles. The molecule has 1 aliphatic rings. The molecule has 0 bridgehead atoms. The summed E-state index contributed by atoms with van der Waals surface area (Å²) in [6, 6.07) is 4.80. The molecule has 3 N–H and O–H groups in total. The van der Waals surface area contributed by atoms with Crippen LogP contribution in [-0.4, -0.2) is 53.2 Å². The predicted octanol–water partition coefficient (Wildman–Crippen LogP) is 2.89. The standard InChI is InChI=1S/C18H25FN4O.HI/c1-2-20-18(23-9-6-15(24)7-10-23)21-8-5-13-12-22-17-4-3-14(19)11-16(13)17;/h3-4,11-12,15,22,24H,2,5-10H2,1H3,(H,20,21);1H. The van der Waals surface area contributed by atoms with Crippen molar-refractivity contribution in [1.29, 1.82) is 0 Å². The maximum Gasteiger partial charge on any atom is 0.193 e. The lowest BCUT2D eigenvalue weighted by Crippen LogP contribution is -2.46. The number of benzene rings is 1. The monoisotopic (exact) mass is 460 g/mol. The Labute approximate surface area is 164 Å². The Balaban J connectivity index is 0.00000225. The first-order valence-corrected chi connectivity index (χ1v) is 8.64. The first-order chi connectivity index (χ1) is 11.7. The Morgan fingerprint density at radius 2 is 2.16 bits per heavy atom. The zero-order chi connectivity index (χ0) is 16.9. The topological polar surface area (TPSA) is 63.7 Å². The van der Waals surface area contributed by atoms with E-state index in [4.69, 9.17) is 4.99 Å². The summed E-state index contributed by atoms with van der Waals surface area (Å²) in [6.45, 7) is 5.16. The molecule has 1 aliphatic heterocycles. The average Bonchev–Trinajstić information content (AvgIpc) is 2.97. The van der Waals surface area contributed by atoms with Crippen molar-refractivity contribution in [3.05, 3.63) is 35.8 Å². The van der Waals surface area contributed by atoms with Crippen molar-refractivity contribution in [2.24, 2.45) is 4.99 Å². The summed E-state index contributed by atoms with van der Waals surface area (Å²) in [5, 5.41) is 13.9. The fourth-order valence-electron chi connectivity index (χ4n) is 3.14. The molecule has 0 atom stereocenters. The molecule has 0 aliphatic carbocycles. The van der Waals surface area contributed by atoms with Gasteiger partial charge in [0.15, 0.2) is 5.96 Å². The maximum atomic E-state index is 13.4. The van der Waals surface area contributed by atoms with Crippen LogP contribution in [-0.2, 0) is 6.42 Å². The van der Waals surface area contributed by atoms with Crippen LogP contribution in [0.4, 0.5) is 4.39 Å². The molecule has 1 saturated heterocycles. The minimum Gasteiger partial charge on any atom is -0.393 e. The minimum atomic E-state index is -0.216. The molecule has 5 nitrogen and oxygen atoms in total. The van der Waals surface area contributed by atoms with Gasteiger partial charge in [-0.25, -0.2) is 4.39 Å². The molecular formula is C18H26FIN4O. The third kappa shape index (κ3) is 5.07. The van der Waals surface area contributed by atoms with Gasteiger partial charge in [0.2, 0.25) is 0 Å². The number of likely N-dealkylation sites (tertiary alicyclic amines) is 1. The molecule has 0 amide bonds. The second-order valence-corrected chi connectivity index (χ2v) is 6.21. The quantitative estimate of drug-likeness (QED) is 0.374. The second kappa shape index (κ2) is 9.38. The molecule has 1 aromatic heterocycles. The Morgan fingerprint density at radius 3 is 2.88 bits per heavy atom. The van der Waals surface area contributed by atoms with Crippen LogP contribution < -0.4 is 5.32 Å². The molecule has 0 radical (unpaired) electrons. The van der Waals surface area contributed by atoms with E-state index in [-0.39, 0.29) is 35.9 Å². The number of guanidine groups is 1. The number of piperidine rings is 1. The first kappa shape index (κ1) is 20.0. The molecule has 3 rings (SSSR count). The van der Waals surface area contributed by atoms with Crippen LogP contribution in [0.5, 0.6) is 0 Å². The molecule has 2 heterocycles. The Kier molecular flexibility index (Phi) is 7.49. The average molecular weight is 460 g/mol. The zero-order valence-electron chi connectivity index (χ0n) is 14.5. The number of aliphatic imine (C=N–C) groups is 1. The maximum absolute atomic E-state index is 13.4. The van der Waals surface area contributed by atoms with E-state index >= 15 is 0 Å². The van der Waals surface area contributed by atoms with E-state index in [1.165, 1.54) is 6.07 Å². The van der Waals surface area contributed by atoms with Crippen molar-refractivity contribution in [2.75, 3.05) is 26.2 Å². The molecule has 138 valence electrons. The number of aliphatic hydroxyl groups is 1. The van der Waals surface area contributed by atoms with Crippen LogP contribution in [0.1, 0.15) is 25.3 Å². The molecule has 1 fully saturated rings. The molecule has 0 unspecified atom stereocenters. The van der Waals surface area contributed by atoms with Crippen LogP contribution >= 0.6 is 24.0 Å². The number of nitrogens with one attached hydrogen (secondary N) is 2. The summed E-state index contributed by atoms with van der Waals surface area (Å²) < 4.78 is 13.4. The number of aromatic amines is 1. The van der Waals surface area contributed by atoms with Crippen LogP contribution in [0, 0.1) is 5.82 Å². The zero-order valence-corrected chi connectivity index (χ0v) is 16.8. The third-order valence-electron chi connectivity index (χ3n) is 4.47. The van der Waals surface area contributed by atoms with Crippen molar-refractivity contribution in [3.63, 3.8) is 0 Å². The number of hydrogen-bond donors (Lipinski definition) is 3. The Hall–Kier alpha value is -1.35. The normalized spacial score (nSPS) is 16.1. The van der Waals surface area contributed by atoms with Gasteiger partial charge in [0.05, 0.1) is 6.10 Å². The highest BCUT2D eigenvalue weighted by atomic mass is 127. The van der Waals surface area contributed by atoms with Crippen molar-refractivity contribution >= 4 is 40.8 Å². The highest BCUT2D eigenvalue weighted by Gasteiger charge is 2.19. The van der Waals surface area contributed by atoms with Crippen LogP contribution in [0.2, 0.25) is 0 Å². The van der Waals surface area contributed by atoms with Gasteiger partial charge in [-0.2, -0.15) is 0 Å². The molecule has 2 aromatic rings. The lowest BCUT2D eigenvalue weighted by molar-refractivity contribution is 0.108. The van der Waals surface area contributed by atoms with Gasteiger partial charge in [-0.3, -0.25) is 4.99 Å². The van der Waals surface area contributed by atoms with Gasteiger partial charge in [-0.05, 0) is 49.9 Å². The Morgan fingerprint density at radius 1 is 1.40 bits per heavy atom. The molecule has 0 spiro atoms. The van der Waals surface area contributed by atoms with E-state index in [0.717, 1.165) is 61.3 Å². The van der Waals surface area contributed by atoms with Gasteiger partial charge in [0.25, 0.3) is 0 Å². The molecule has 7 heteroatoms. The fraction of sp³-hybridized carbons (Fsp3) is 0.500. The Bertz CT molecular complexity index is 710. The van der Waals surface area contributed by atoms with E-state index in [0.29, 0.717) is 6.54 Å². The number of halogens is 2. The van der Waals surface area contributed by atoms with Crippen molar-refractivity contribution < 1.29 is 9.50 Å². The van der Waals surface area contributed by atoms with Gasteiger partial charge in [0, 0.05) is 43.3 Å². The molecule has 0 saturated carbocycles. The van der Waals surface area contributed by atoms with Crippen LogP contribution in [0.15, 0.2) is 29.4 Å². The van der Waals surface area contributed by atoms with Gasteiger partial charge < -0.3 is 20.3 Å². The smallest absolute Gasteiger partial charge is 0.193 e. The summed E-state index contributed by atoms with van der Waals surface area (Å²) in [5.41, 5.74) is 2.03. The number of aliphatic hydroxyl groups excluding tert-OH is 1. The van der Waals surface area contributed by atoms with Crippen LogP contribution in [0.25, 0.3) is 10.9 Å². The highest BCUT2D eigenvalue weighted by molar-refractivity contribution is 14.0. The van der Waals surface area contributed by atoms with E-state index in [1.807, 2.05) is 6.20 Å². The van der Waals surface area contributed by atoms with E-state index in [2.05, 4.69) is 22.1 Å². The summed E-state index contributed by atoms with van der Waals surface area (Å²) >= 11 is 0. The number of fused-ring (bicyclic) bond motifs is 1. The number of rotatable bonds is 4. The minimum absolute atomic E-state index is 0. The summed E-state index contributed by atoms with van der Waals surface area (Å²) in [5.74, 6) is 0.683. The fourth-order valence-corrected chi connectivity index (χ4v) is 3.14. The highest BCUT2D eigenvalue weighted by Crippen LogP contribution is 2.20. The summed E-state index contributed by atoms with van der Waals surface area (Å²) in [6.07, 6.45) is 4.07. The van der Waals surface area contributed by atoms with Gasteiger partial charge in [-0.1, -0.05) is 0 Å². The third-order valence-corrected chi connectivity index (χ3v) is 4.47. The van der Waals surface area contributed by atoms with E-state index in [9.17, 15) is 9.50 Å². The number of H-pyrrole nitrogens is 1. The number of aromatic nitrogens is 1.